The van der Waals surface area contributed by atoms with Gasteiger partial charge in [0.15, 0.2) is 5.67 Å². The minimum absolute atomic E-state index is 0.0117. The molecule has 1 aliphatic carbocycles. The molecule has 1 aliphatic rings. The van der Waals surface area contributed by atoms with Crippen molar-refractivity contribution in [1.29, 1.82) is 0 Å². The highest BCUT2D eigenvalue weighted by atomic mass is 35.5. The molecule has 0 spiro atoms. The largest absolute Gasteiger partial charge is 0.288 e. The molecule has 2 rings (SSSR count). The zero-order chi connectivity index (χ0) is 16.7. The summed E-state index contributed by atoms with van der Waals surface area (Å²) in [6.45, 7) is 4.70. The molecule has 1 saturated carbocycles. The van der Waals surface area contributed by atoms with Crippen LogP contribution in [0.15, 0.2) is 24.3 Å². The van der Waals surface area contributed by atoms with E-state index in [0.717, 1.165) is 6.92 Å². The summed E-state index contributed by atoms with van der Waals surface area (Å²) in [7, 11) is 0. The Labute approximate surface area is 133 Å². The molecule has 0 radical (unpaired) electrons. The second-order valence-corrected chi connectivity index (χ2v) is 6.99. The smallest absolute Gasteiger partial charge is 0.276 e. The number of halogens is 4. The van der Waals surface area contributed by atoms with E-state index in [1.807, 2.05) is 13.8 Å². The number of hydrogen-bond donors (Lipinski definition) is 0. The molecule has 3 atom stereocenters. The number of carbonyl (C=O) groups is 1. The highest BCUT2D eigenvalue weighted by Gasteiger charge is 2.62. The molecule has 3 unspecified atom stereocenters. The molecule has 0 bridgehead atoms. The van der Waals surface area contributed by atoms with Gasteiger partial charge in [0.1, 0.15) is 0 Å². The molecule has 0 amide bonds. The van der Waals surface area contributed by atoms with Gasteiger partial charge in [-0.15, -0.1) is 0 Å². The molecule has 0 aliphatic heterocycles. The van der Waals surface area contributed by atoms with E-state index in [4.69, 9.17) is 11.6 Å². The van der Waals surface area contributed by atoms with Crippen LogP contribution in [-0.2, 0) is 0 Å². The molecule has 1 nitrogen and oxygen atoms in total. The molecule has 1 fully saturated rings. The predicted molar refractivity (Wildman–Crippen MR) is 81.4 cm³/mol. The Bertz CT molecular complexity index is 569. The molecule has 0 aromatic heterocycles. The Kier molecular flexibility index (Phi) is 4.63. The van der Waals surface area contributed by atoms with Crippen molar-refractivity contribution in [2.75, 3.05) is 0 Å². The van der Waals surface area contributed by atoms with Crippen molar-refractivity contribution < 1.29 is 18.0 Å². The Morgan fingerprint density at radius 1 is 1.32 bits per heavy atom. The molecule has 5 heteroatoms. The maximum Gasteiger partial charge on any atom is 0.288 e. The van der Waals surface area contributed by atoms with E-state index in [2.05, 4.69) is 0 Å². The number of rotatable bonds is 3. The molecule has 1 aromatic carbocycles. The molecule has 0 N–H and O–H groups in total. The average Bonchev–Trinajstić information content (AvgIpc) is 2.41. The fourth-order valence-corrected chi connectivity index (χ4v) is 3.51. The predicted octanol–water partition coefficient (Wildman–Crippen LogP) is 5.58. The van der Waals surface area contributed by atoms with Gasteiger partial charge in [0, 0.05) is 5.56 Å². The van der Waals surface area contributed by atoms with Crippen LogP contribution in [0.2, 0.25) is 0 Å². The van der Waals surface area contributed by atoms with Crippen LogP contribution in [0.25, 0.3) is 0 Å². The zero-order valence-electron chi connectivity index (χ0n) is 12.9. The summed E-state index contributed by atoms with van der Waals surface area (Å²) < 4.78 is 44.0. The third kappa shape index (κ3) is 2.90. The zero-order valence-corrected chi connectivity index (χ0v) is 13.6. The van der Waals surface area contributed by atoms with Crippen LogP contribution in [0.3, 0.4) is 0 Å². The van der Waals surface area contributed by atoms with E-state index < -0.39 is 22.8 Å². The second-order valence-electron chi connectivity index (χ2n) is 6.64. The van der Waals surface area contributed by atoms with E-state index in [-0.39, 0.29) is 29.4 Å². The lowest BCUT2D eigenvalue weighted by atomic mass is 9.64. The first-order valence-electron chi connectivity index (χ1n) is 7.44. The fraction of sp³-hybridized carbons (Fsp3) is 0.588. The van der Waals surface area contributed by atoms with E-state index in [1.54, 1.807) is 0 Å². The second kappa shape index (κ2) is 5.88. The van der Waals surface area contributed by atoms with Crippen molar-refractivity contribution in [3.05, 3.63) is 35.4 Å². The summed E-state index contributed by atoms with van der Waals surface area (Å²) in [6.07, 6.45) is 0.234. The fourth-order valence-electron chi connectivity index (χ4n) is 3.39. The molecular formula is C17H20ClF3O. The Hall–Kier alpha value is -1.03. The van der Waals surface area contributed by atoms with Crippen molar-refractivity contribution in [1.82, 2.24) is 0 Å². The summed E-state index contributed by atoms with van der Waals surface area (Å²) >= 11 is 5.44. The lowest BCUT2D eigenvalue weighted by Crippen LogP contribution is -2.53. The SMILES string of the molecule is CC(C)C1CCC(C)(F)C(F)(F)C1c1cccc(C(=O)Cl)c1. The van der Waals surface area contributed by atoms with Crippen molar-refractivity contribution in [2.45, 2.75) is 51.1 Å². The van der Waals surface area contributed by atoms with E-state index in [1.165, 1.54) is 24.3 Å². The molecule has 122 valence electrons. The Balaban J connectivity index is 2.54. The van der Waals surface area contributed by atoms with Gasteiger partial charge in [-0.05, 0) is 54.8 Å². The monoisotopic (exact) mass is 332 g/mol. The van der Waals surface area contributed by atoms with Crippen LogP contribution < -0.4 is 0 Å². The number of hydrogen-bond acceptors (Lipinski definition) is 1. The average molecular weight is 333 g/mol. The van der Waals surface area contributed by atoms with Crippen LogP contribution >= 0.6 is 11.6 Å². The first-order valence-corrected chi connectivity index (χ1v) is 7.82. The van der Waals surface area contributed by atoms with Crippen molar-refractivity contribution in [2.24, 2.45) is 11.8 Å². The van der Waals surface area contributed by atoms with Gasteiger partial charge in [-0.25, -0.2) is 13.2 Å². The molecule has 1 aromatic rings. The van der Waals surface area contributed by atoms with Crippen LogP contribution in [0.5, 0.6) is 0 Å². The van der Waals surface area contributed by atoms with Gasteiger partial charge >= 0.3 is 0 Å². The Morgan fingerprint density at radius 2 is 1.95 bits per heavy atom. The van der Waals surface area contributed by atoms with Gasteiger partial charge in [0.05, 0.1) is 5.92 Å². The quantitative estimate of drug-likeness (QED) is 0.660. The van der Waals surface area contributed by atoms with Crippen molar-refractivity contribution >= 4 is 16.8 Å². The number of carbonyl (C=O) groups excluding carboxylic acids is 1. The lowest BCUT2D eigenvalue weighted by Gasteiger charge is -2.46. The summed E-state index contributed by atoms with van der Waals surface area (Å²) in [6, 6.07) is 5.88. The third-order valence-corrected chi connectivity index (χ3v) is 5.01. The van der Waals surface area contributed by atoms with Crippen molar-refractivity contribution in [3.8, 4) is 0 Å². The van der Waals surface area contributed by atoms with Gasteiger partial charge in [-0.1, -0.05) is 32.0 Å². The highest BCUT2D eigenvalue weighted by Crippen LogP contribution is 2.56. The van der Waals surface area contributed by atoms with Gasteiger partial charge in [-0.2, -0.15) is 0 Å². The lowest BCUT2D eigenvalue weighted by molar-refractivity contribution is -0.186. The minimum atomic E-state index is -3.49. The van der Waals surface area contributed by atoms with E-state index >= 15 is 0 Å². The highest BCUT2D eigenvalue weighted by molar-refractivity contribution is 6.67. The Morgan fingerprint density at radius 3 is 2.50 bits per heavy atom. The van der Waals surface area contributed by atoms with Crippen molar-refractivity contribution in [3.63, 3.8) is 0 Å². The first-order chi connectivity index (χ1) is 10.1. The van der Waals surface area contributed by atoms with Gasteiger partial charge in [-0.3, -0.25) is 4.79 Å². The van der Waals surface area contributed by atoms with Gasteiger partial charge < -0.3 is 0 Å². The van der Waals surface area contributed by atoms with Gasteiger partial charge in [0.25, 0.3) is 11.2 Å². The van der Waals surface area contributed by atoms with E-state index in [0.29, 0.717) is 6.42 Å². The molecule has 22 heavy (non-hydrogen) atoms. The summed E-state index contributed by atoms with van der Waals surface area (Å²) in [5.74, 6) is -5.11. The van der Waals surface area contributed by atoms with Crippen LogP contribution in [0.4, 0.5) is 13.2 Å². The topological polar surface area (TPSA) is 17.1 Å². The molecule has 0 saturated heterocycles. The molecule has 0 heterocycles. The maximum atomic E-state index is 14.8. The first kappa shape index (κ1) is 17.3. The number of alkyl halides is 3. The minimum Gasteiger partial charge on any atom is -0.276 e. The van der Waals surface area contributed by atoms with Gasteiger partial charge in [0.2, 0.25) is 0 Å². The summed E-state index contributed by atoms with van der Waals surface area (Å²) in [4.78, 5) is 11.3. The summed E-state index contributed by atoms with van der Waals surface area (Å²) in [5, 5.41) is -0.704. The number of benzene rings is 1. The maximum absolute atomic E-state index is 14.8. The van der Waals surface area contributed by atoms with Crippen LogP contribution in [0, 0.1) is 11.8 Å². The molecular weight excluding hydrogens is 313 g/mol. The van der Waals surface area contributed by atoms with Crippen LogP contribution in [0.1, 0.15) is 55.5 Å². The standard InChI is InChI=1S/C17H20ClF3O/c1-10(2)13-7-8-16(3,19)17(20,21)14(13)11-5-4-6-12(9-11)15(18)22/h4-6,9-10,13-14H,7-8H2,1-3H3. The van der Waals surface area contributed by atoms with Crippen LogP contribution in [-0.4, -0.2) is 16.8 Å². The van der Waals surface area contributed by atoms with E-state index in [9.17, 15) is 18.0 Å². The normalized spacial score (nSPS) is 31.3. The summed E-state index contributed by atoms with van der Waals surface area (Å²) in [5.41, 5.74) is -2.12. The third-order valence-electron chi connectivity index (χ3n) is 4.79.